The lowest BCUT2D eigenvalue weighted by Crippen LogP contribution is -2.20. The van der Waals surface area contributed by atoms with Crippen LogP contribution in [0.1, 0.15) is 33.6 Å². The molecule has 0 aromatic carbocycles. The summed E-state index contributed by atoms with van der Waals surface area (Å²) in [6.45, 7) is 7.66. The van der Waals surface area contributed by atoms with Crippen molar-refractivity contribution in [2.24, 2.45) is 11.8 Å². The van der Waals surface area contributed by atoms with Crippen molar-refractivity contribution in [1.29, 1.82) is 0 Å². The summed E-state index contributed by atoms with van der Waals surface area (Å²) in [5.74, 6) is 1.55. The standard InChI is InChI=1S/C10H19BrO/c1-4-7(2)5-9-8(3)12-6-10(9)11/h7-10H,4-6H2,1-3H3. The first-order chi connectivity index (χ1) is 5.65. The summed E-state index contributed by atoms with van der Waals surface area (Å²) in [6, 6.07) is 0. The lowest BCUT2D eigenvalue weighted by Gasteiger charge is -2.20. The summed E-state index contributed by atoms with van der Waals surface area (Å²) in [7, 11) is 0. The molecule has 1 saturated heterocycles. The highest BCUT2D eigenvalue weighted by Crippen LogP contribution is 2.32. The van der Waals surface area contributed by atoms with Crippen LogP contribution in [0.3, 0.4) is 0 Å². The second kappa shape index (κ2) is 4.61. The minimum atomic E-state index is 0.448. The summed E-state index contributed by atoms with van der Waals surface area (Å²) in [5.41, 5.74) is 0. The van der Waals surface area contributed by atoms with Gasteiger partial charge in [0.05, 0.1) is 12.7 Å². The van der Waals surface area contributed by atoms with Gasteiger partial charge in [0.1, 0.15) is 0 Å². The van der Waals surface area contributed by atoms with Crippen molar-refractivity contribution in [3.8, 4) is 0 Å². The van der Waals surface area contributed by atoms with Gasteiger partial charge in [-0.15, -0.1) is 0 Å². The zero-order valence-corrected chi connectivity index (χ0v) is 9.80. The molecule has 0 aliphatic carbocycles. The van der Waals surface area contributed by atoms with Crippen molar-refractivity contribution in [3.63, 3.8) is 0 Å². The maximum atomic E-state index is 5.58. The van der Waals surface area contributed by atoms with Crippen LogP contribution in [-0.4, -0.2) is 17.5 Å². The molecule has 4 unspecified atom stereocenters. The van der Waals surface area contributed by atoms with Gasteiger partial charge in [-0.2, -0.15) is 0 Å². The molecule has 1 fully saturated rings. The van der Waals surface area contributed by atoms with E-state index in [1.807, 2.05) is 0 Å². The Morgan fingerprint density at radius 1 is 1.58 bits per heavy atom. The first-order valence-corrected chi connectivity index (χ1v) is 5.82. The molecule has 1 aliphatic heterocycles. The van der Waals surface area contributed by atoms with Gasteiger partial charge in [-0.3, -0.25) is 0 Å². The Bertz CT molecular complexity index is 128. The third-order valence-corrected chi connectivity index (χ3v) is 3.90. The third kappa shape index (κ3) is 2.46. The van der Waals surface area contributed by atoms with E-state index in [1.54, 1.807) is 0 Å². The summed E-state index contributed by atoms with van der Waals surface area (Å²) in [5, 5.41) is 0. The zero-order chi connectivity index (χ0) is 9.14. The Hall–Kier alpha value is 0.440. The third-order valence-electron chi connectivity index (χ3n) is 2.96. The highest BCUT2D eigenvalue weighted by Gasteiger charge is 2.32. The molecular formula is C10H19BrO. The average molecular weight is 235 g/mol. The predicted octanol–water partition coefficient (Wildman–Crippen LogP) is 3.22. The minimum absolute atomic E-state index is 0.448. The molecule has 0 radical (unpaired) electrons. The molecule has 0 amide bonds. The van der Waals surface area contributed by atoms with Gasteiger partial charge >= 0.3 is 0 Å². The van der Waals surface area contributed by atoms with Crippen molar-refractivity contribution in [2.45, 2.75) is 44.5 Å². The zero-order valence-electron chi connectivity index (χ0n) is 8.22. The van der Waals surface area contributed by atoms with Gasteiger partial charge in [0.15, 0.2) is 0 Å². The summed E-state index contributed by atoms with van der Waals surface area (Å²) in [6.07, 6.45) is 3.03. The molecule has 4 atom stereocenters. The van der Waals surface area contributed by atoms with Crippen LogP contribution in [0.4, 0.5) is 0 Å². The van der Waals surface area contributed by atoms with E-state index in [4.69, 9.17) is 4.74 Å². The number of hydrogen-bond acceptors (Lipinski definition) is 1. The van der Waals surface area contributed by atoms with Crippen LogP contribution in [0.25, 0.3) is 0 Å². The number of alkyl halides is 1. The minimum Gasteiger partial charge on any atom is -0.377 e. The van der Waals surface area contributed by atoms with Crippen molar-refractivity contribution >= 4 is 15.9 Å². The van der Waals surface area contributed by atoms with Crippen molar-refractivity contribution in [1.82, 2.24) is 0 Å². The van der Waals surface area contributed by atoms with Crippen molar-refractivity contribution in [3.05, 3.63) is 0 Å². The van der Waals surface area contributed by atoms with Gasteiger partial charge in [0.2, 0.25) is 0 Å². The highest BCUT2D eigenvalue weighted by molar-refractivity contribution is 9.09. The number of hydrogen-bond donors (Lipinski definition) is 0. The van der Waals surface area contributed by atoms with E-state index in [0.717, 1.165) is 18.4 Å². The lowest BCUT2D eigenvalue weighted by atomic mass is 9.90. The fraction of sp³-hybridized carbons (Fsp3) is 1.00. The molecule has 0 aromatic rings. The largest absolute Gasteiger partial charge is 0.377 e. The average Bonchev–Trinajstić information content (AvgIpc) is 2.35. The fourth-order valence-electron chi connectivity index (χ4n) is 1.76. The van der Waals surface area contributed by atoms with E-state index in [-0.39, 0.29) is 0 Å². The van der Waals surface area contributed by atoms with Gasteiger partial charge in [0.25, 0.3) is 0 Å². The van der Waals surface area contributed by atoms with E-state index < -0.39 is 0 Å². The monoisotopic (exact) mass is 234 g/mol. The Balaban J connectivity index is 2.38. The Morgan fingerprint density at radius 2 is 2.25 bits per heavy atom. The molecule has 1 nitrogen and oxygen atoms in total. The number of ether oxygens (including phenoxy) is 1. The van der Waals surface area contributed by atoms with E-state index in [1.165, 1.54) is 12.8 Å². The van der Waals surface area contributed by atoms with Crippen LogP contribution < -0.4 is 0 Å². The Morgan fingerprint density at radius 3 is 2.67 bits per heavy atom. The molecule has 2 heteroatoms. The maximum Gasteiger partial charge on any atom is 0.0598 e. The maximum absolute atomic E-state index is 5.58. The molecule has 0 N–H and O–H groups in total. The SMILES string of the molecule is CCC(C)CC1C(Br)COC1C. The first-order valence-electron chi connectivity index (χ1n) is 4.90. The molecule has 1 aliphatic rings. The molecule has 0 spiro atoms. The van der Waals surface area contributed by atoms with Crippen LogP contribution >= 0.6 is 15.9 Å². The van der Waals surface area contributed by atoms with Crippen molar-refractivity contribution < 1.29 is 4.74 Å². The summed E-state index contributed by atoms with van der Waals surface area (Å²) < 4.78 is 5.58. The van der Waals surface area contributed by atoms with E-state index >= 15 is 0 Å². The van der Waals surface area contributed by atoms with Gasteiger partial charge in [-0.1, -0.05) is 36.2 Å². The van der Waals surface area contributed by atoms with Gasteiger partial charge in [0, 0.05) is 4.83 Å². The molecule has 72 valence electrons. The van der Waals surface area contributed by atoms with Gasteiger partial charge < -0.3 is 4.74 Å². The molecule has 0 bridgehead atoms. The smallest absolute Gasteiger partial charge is 0.0598 e. The van der Waals surface area contributed by atoms with Gasteiger partial charge in [-0.05, 0) is 25.2 Å². The van der Waals surface area contributed by atoms with Crippen LogP contribution in [0.2, 0.25) is 0 Å². The Kier molecular flexibility index (Phi) is 4.04. The predicted molar refractivity (Wildman–Crippen MR) is 55.7 cm³/mol. The van der Waals surface area contributed by atoms with Crippen molar-refractivity contribution in [2.75, 3.05) is 6.61 Å². The van der Waals surface area contributed by atoms with Gasteiger partial charge in [-0.25, -0.2) is 0 Å². The van der Waals surface area contributed by atoms with E-state index in [2.05, 4.69) is 36.7 Å². The molecule has 0 aromatic heterocycles. The van der Waals surface area contributed by atoms with Crippen LogP contribution in [0, 0.1) is 11.8 Å². The van der Waals surface area contributed by atoms with E-state index in [0.29, 0.717) is 10.9 Å². The molecule has 0 saturated carbocycles. The van der Waals surface area contributed by atoms with E-state index in [9.17, 15) is 0 Å². The number of halogens is 1. The normalized spacial score (nSPS) is 38.5. The fourth-order valence-corrected chi connectivity index (χ4v) is 2.55. The molecule has 1 rings (SSSR count). The van der Waals surface area contributed by atoms with Crippen LogP contribution in [0.5, 0.6) is 0 Å². The quantitative estimate of drug-likeness (QED) is 0.682. The lowest BCUT2D eigenvalue weighted by molar-refractivity contribution is 0.0998. The second-order valence-electron chi connectivity index (χ2n) is 3.97. The first kappa shape index (κ1) is 10.5. The van der Waals surface area contributed by atoms with Crippen LogP contribution in [0.15, 0.2) is 0 Å². The molecule has 1 heterocycles. The summed E-state index contributed by atoms with van der Waals surface area (Å²) >= 11 is 3.68. The highest BCUT2D eigenvalue weighted by atomic mass is 79.9. The summed E-state index contributed by atoms with van der Waals surface area (Å²) in [4.78, 5) is 0.585. The molecular weight excluding hydrogens is 216 g/mol. The van der Waals surface area contributed by atoms with Crippen LogP contribution in [-0.2, 0) is 4.74 Å². The molecule has 12 heavy (non-hydrogen) atoms. The second-order valence-corrected chi connectivity index (χ2v) is 5.14. The topological polar surface area (TPSA) is 9.23 Å². The number of rotatable bonds is 3. The Labute approximate surface area is 84.0 Å².